The number of halogens is 2. The van der Waals surface area contributed by atoms with Crippen molar-refractivity contribution in [3.8, 4) is 0 Å². The van der Waals surface area contributed by atoms with Crippen LogP contribution in [0.1, 0.15) is 12.8 Å². The summed E-state index contributed by atoms with van der Waals surface area (Å²) >= 11 is 0. The van der Waals surface area contributed by atoms with Crippen LogP contribution in [-0.2, 0) is 43.2 Å². The van der Waals surface area contributed by atoms with Crippen LogP contribution in [0, 0.1) is 11.8 Å². The number of hydrogen-bond donors (Lipinski definition) is 0. The van der Waals surface area contributed by atoms with Gasteiger partial charge in [0.05, 0.1) is 12.4 Å². The van der Waals surface area contributed by atoms with Gasteiger partial charge in [-0.15, -0.1) is 4.33 Å². The lowest BCUT2D eigenvalue weighted by molar-refractivity contribution is -0.192. The van der Waals surface area contributed by atoms with Crippen molar-refractivity contribution in [3.63, 3.8) is 0 Å². The standard InChI is InChI=1S/C10H12F2O9S2/c1-18-21-23(16,17)10(11,12)9(13)19-7-4-2-5-6(3-4)22(14,15)20-8(5)7/h4-8H,2-3H2,1H3. The highest BCUT2D eigenvalue weighted by Gasteiger charge is 2.67. The smallest absolute Gasteiger partial charge is 0.454 e. The van der Waals surface area contributed by atoms with Gasteiger partial charge in [-0.3, -0.25) is 4.18 Å². The van der Waals surface area contributed by atoms with Gasteiger partial charge in [-0.25, -0.2) is 9.68 Å². The topological polar surface area (TPSA) is 122 Å². The first-order valence-electron chi connectivity index (χ1n) is 6.49. The zero-order chi connectivity index (χ0) is 17.2. The zero-order valence-electron chi connectivity index (χ0n) is 11.5. The van der Waals surface area contributed by atoms with Gasteiger partial charge < -0.3 is 4.74 Å². The summed E-state index contributed by atoms with van der Waals surface area (Å²) in [5, 5.41) is -5.73. The second kappa shape index (κ2) is 5.05. The molecule has 5 atom stereocenters. The highest BCUT2D eigenvalue weighted by Crippen LogP contribution is 2.55. The van der Waals surface area contributed by atoms with Gasteiger partial charge in [0.1, 0.15) is 12.2 Å². The predicted molar refractivity (Wildman–Crippen MR) is 65.6 cm³/mol. The number of rotatable bonds is 5. The van der Waals surface area contributed by atoms with E-state index in [4.69, 9.17) is 4.18 Å². The number of carbonyl (C=O) groups excluding carboxylic acids is 1. The first-order valence-corrected chi connectivity index (χ1v) is 9.37. The van der Waals surface area contributed by atoms with E-state index in [1.54, 1.807) is 0 Å². The average Bonchev–Trinajstić information content (AvgIpc) is 3.02. The zero-order valence-corrected chi connectivity index (χ0v) is 13.2. The molecule has 1 heterocycles. The molecule has 0 amide bonds. The largest absolute Gasteiger partial charge is 0.468 e. The Morgan fingerprint density at radius 1 is 1.30 bits per heavy atom. The number of ether oxygens (including phenoxy) is 1. The summed E-state index contributed by atoms with van der Waals surface area (Å²) in [4.78, 5) is 15.2. The first kappa shape index (κ1) is 17.0. The summed E-state index contributed by atoms with van der Waals surface area (Å²) in [6.07, 6.45) is -1.84. The van der Waals surface area contributed by atoms with Crippen LogP contribution in [0.15, 0.2) is 0 Å². The van der Waals surface area contributed by atoms with Crippen LogP contribution in [0.25, 0.3) is 0 Å². The van der Waals surface area contributed by atoms with Gasteiger partial charge >= 0.3 is 21.3 Å². The minimum atomic E-state index is -5.69. The SMILES string of the molecule is COOS(=O)(=O)C(F)(F)C(=O)OC1C2CC3C1OS(=O)(=O)C3C2. The molecule has 1 saturated heterocycles. The van der Waals surface area contributed by atoms with E-state index in [2.05, 4.69) is 14.0 Å². The van der Waals surface area contributed by atoms with Crippen LogP contribution in [0.3, 0.4) is 0 Å². The first-order chi connectivity index (χ1) is 10.5. The summed E-state index contributed by atoms with van der Waals surface area (Å²) in [6, 6.07) is 0. The highest BCUT2D eigenvalue weighted by molar-refractivity contribution is 7.88. The van der Waals surface area contributed by atoms with Crippen molar-refractivity contribution in [3.05, 3.63) is 0 Å². The number of hydrogen-bond acceptors (Lipinski definition) is 9. The lowest BCUT2D eigenvalue weighted by Gasteiger charge is -2.26. The van der Waals surface area contributed by atoms with E-state index in [0.29, 0.717) is 13.5 Å². The minimum Gasteiger partial charge on any atom is -0.454 e. The summed E-state index contributed by atoms with van der Waals surface area (Å²) in [6.45, 7) is 0. The maximum absolute atomic E-state index is 13.6. The summed E-state index contributed by atoms with van der Waals surface area (Å²) in [5.74, 6) is -3.28. The normalized spacial score (nSPS) is 38.0. The molecular formula is C10H12F2O9S2. The van der Waals surface area contributed by atoms with E-state index in [1.165, 1.54) is 0 Å². The number of fused-ring (bicyclic) bond motifs is 1. The van der Waals surface area contributed by atoms with Crippen molar-refractivity contribution in [2.45, 2.75) is 35.6 Å². The molecule has 2 saturated carbocycles. The quantitative estimate of drug-likeness (QED) is 0.270. The predicted octanol–water partition coefficient (Wildman–Crippen LogP) is -0.464. The molecule has 0 aromatic heterocycles. The molecule has 0 spiro atoms. The average molecular weight is 378 g/mol. The molecule has 132 valence electrons. The van der Waals surface area contributed by atoms with Crippen molar-refractivity contribution in [1.29, 1.82) is 0 Å². The van der Waals surface area contributed by atoms with Gasteiger partial charge in [0.15, 0.2) is 0 Å². The fourth-order valence-electron chi connectivity index (χ4n) is 3.47. The van der Waals surface area contributed by atoms with Gasteiger partial charge in [-0.1, -0.05) is 0 Å². The van der Waals surface area contributed by atoms with Gasteiger partial charge in [-0.05, 0) is 12.8 Å². The highest BCUT2D eigenvalue weighted by atomic mass is 32.2. The Balaban J connectivity index is 1.78. The molecule has 3 aliphatic rings. The Morgan fingerprint density at radius 2 is 1.96 bits per heavy atom. The van der Waals surface area contributed by atoms with E-state index in [9.17, 15) is 30.4 Å². The van der Waals surface area contributed by atoms with E-state index in [0.717, 1.165) is 0 Å². The second-order valence-corrected chi connectivity index (χ2v) is 8.90. The molecule has 9 nitrogen and oxygen atoms in total. The number of carbonyl (C=O) groups is 1. The lowest BCUT2D eigenvalue weighted by Crippen LogP contribution is -2.45. The van der Waals surface area contributed by atoms with E-state index < -0.39 is 60.8 Å². The molecule has 0 N–H and O–H groups in total. The molecule has 0 radical (unpaired) electrons. The maximum Gasteiger partial charge on any atom is 0.468 e. The van der Waals surface area contributed by atoms with E-state index >= 15 is 0 Å². The lowest BCUT2D eigenvalue weighted by atomic mass is 9.94. The van der Waals surface area contributed by atoms with Gasteiger partial charge in [0.2, 0.25) is 0 Å². The van der Waals surface area contributed by atoms with Crippen LogP contribution in [0.2, 0.25) is 0 Å². The molecule has 23 heavy (non-hydrogen) atoms. The molecule has 1 aliphatic heterocycles. The maximum atomic E-state index is 13.6. The van der Waals surface area contributed by atoms with Crippen molar-refractivity contribution in [2.75, 3.05) is 7.11 Å². The monoisotopic (exact) mass is 378 g/mol. The summed E-state index contributed by atoms with van der Waals surface area (Å²) < 4.78 is 85.9. The van der Waals surface area contributed by atoms with Crippen molar-refractivity contribution < 1.29 is 48.6 Å². The van der Waals surface area contributed by atoms with Crippen LogP contribution >= 0.6 is 0 Å². The molecule has 3 fully saturated rings. The fraction of sp³-hybridized carbons (Fsp3) is 0.900. The number of alkyl halides is 2. The molecule has 0 aromatic rings. The third-order valence-electron chi connectivity index (χ3n) is 4.37. The third-order valence-corrected chi connectivity index (χ3v) is 7.25. The number of esters is 1. The Kier molecular flexibility index (Phi) is 3.72. The van der Waals surface area contributed by atoms with Gasteiger partial charge in [-0.2, -0.15) is 25.6 Å². The van der Waals surface area contributed by atoms with Crippen LogP contribution in [0.5, 0.6) is 0 Å². The molecule has 3 rings (SSSR count). The van der Waals surface area contributed by atoms with Gasteiger partial charge in [0, 0.05) is 11.8 Å². The second-order valence-electron chi connectivity index (χ2n) is 5.56. The molecular weight excluding hydrogens is 366 g/mol. The van der Waals surface area contributed by atoms with Crippen molar-refractivity contribution in [1.82, 2.24) is 0 Å². The fourth-order valence-corrected chi connectivity index (χ4v) is 5.87. The van der Waals surface area contributed by atoms with E-state index in [1.807, 2.05) is 0 Å². The summed E-state index contributed by atoms with van der Waals surface area (Å²) in [7, 11) is -8.83. The van der Waals surface area contributed by atoms with Crippen LogP contribution in [-0.4, -0.2) is 52.6 Å². The summed E-state index contributed by atoms with van der Waals surface area (Å²) in [5.41, 5.74) is 0. The Morgan fingerprint density at radius 3 is 2.57 bits per heavy atom. The minimum absolute atomic E-state index is 0.119. The van der Waals surface area contributed by atoms with Gasteiger partial charge in [0.25, 0.3) is 10.1 Å². The van der Waals surface area contributed by atoms with Crippen molar-refractivity contribution in [2.24, 2.45) is 11.8 Å². The Hall–Kier alpha value is -0.890. The van der Waals surface area contributed by atoms with Crippen LogP contribution in [0.4, 0.5) is 8.78 Å². The van der Waals surface area contributed by atoms with Crippen molar-refractivity contribution >= 4 is 26.2 Å². The molecule has 13 heteroatoms. The van der Waals surface area contributed by atoms with E-state index in [-0.39, 0.29) is 6.42 Å². The van der Waals surface area contributed by atoms with Crippen LogP contribution < -0.4 is 0 Å². The Labute approximate surface area is 130 Å². The Bertz CT molecular complexity index is 731. The third kappa shape index (κ3) is 2.36. The molecule has 5 unspecified atom stereocenters. The molecule has 2 aliphatic carbocycles. The molecule has 2 bridgehead atoms. The molecule has 0 aromatic carbocycles.